The minimum atomic E-state index is 0.162. The molecule has 0 radical (unpaired) electrons. The molecule has 1 aromatic carbocycles. The smallest absolute Gasteiger partial charge is 0.185 e. The predicted octanol–water partition coefficient (Wildman–Crippen LogP) is 3.71. The van der Waals surface area contributed by atoms with Gasteiger partial charge in [0, 0.05) is 22.8 Å². The third-order valence-corrected chi connectivity index (χ3v) is 3.28. The second-order valence-electron chi connectivity index (χ2n) is 3.30. The predicted molar refractivity (Wildman–Crippen MR) is 75.3 cm³/mol. The molecule has 0 unspecified atom stereocenters. The zero-order valence-electron chi connectivity index (χ0n) is 9.07. The largest absolute Gasteiger partial charge is 0.398 e. The second kappa shape index (κ2) is 6.76. The highest BCUT2D eigenvalue weighted by Crippen LogP contribution is 2.19. The average Bonchev–Trinajstić information content (AvgIpc) is 2.22. The molecule has 0 amide bonds. The number of allylic oxidation sites excluding steroid dienone is 1. The highest BCUT2D eigenvalue weighted by molar-refractivity contribution is 9.10. The average molecular weight is 300 g/mol. The van der Waals surface area contributed by atoms with Crippen LogP contribution in [0.1, 0.15) is 18.9 Å². The Balaban J connectivity index is 2.49. The van der Waals surface area contributed by atoms with Gasteiger partial charge in [0.2, 0.25) is 0 Å². The fourth-order valence-corrected chi connectivity index (χ4v) is 2.09. The van der Waals surface area contributed by atoms with E-state index in [1.54, 1.807) is 6.92 Å². The summed E-state index contributed by atoms with van der Waals surface area (Å²) in [5.41, 5.74) is 7.59. The maximum atomic E-state index is 10.7. The molecule has 86 valence electrons. The highest BCUT2D eigenvalue weighted by atomic mass is 79.9. The van der Waals surface area contributed by atoms with Crippen LogP contribution in [-0.2, 0) is 4.79 Å². The summed E-state index contributed by atoms with van der Waals surface area (Å²) in [7, 11) is 0. The van der Waals surface area contributed by atoms with Crippen LogP contribution in [0.4, 0.5) is 5.69 Å². The van der Waals surface area contributed by atoms with Crippen molar-refractivity contribution in [2.75, 3.05) is 11.5 Å². The van der Waals surface area contributed by atoms with E-state index in [2.05, 4.69) is 15.9 Å². The summed E-state index contributed by atoms with van der Waals surface area (Å²) in [6, 6.07) is 5.76. The van der Waals surface area contributed by atoms with Crippen molar-refractivity contribution in [2.24, 2.45) is 0 Å². The summed E-state index contributed by atoms with van der Waals surface area (Å²) in [5, 5.41) is 0.162. The lowest BCUT2D eigenvalue weighted by atomic mass is 10.1. The Kier molecular flexibility index (Phi) is 5.63. The Morgan fingerprint density at radius 3 is 3.00 bits per heavy atom. The maximum Gasteiger partial charge on any atom is 0.185 e. The van der Waals surface area contributed by atoms with Gasteiger partial charge in [-0.25, -0.2) is 0 Å². The van der Waals surface area contributed by atoms with Crippen molar-refractivity contribution < 1.29 is 4.79 Å². The molecule has 0 saturated carbocycles. The van der Waals surface area contributed by atoms with Gasteiger partial charge in [0.05, 0.1) is 0 Å². The van der Waals surface area contributed by atoms with Gasteiger partial charge >= 0.3 is 0 Å². The first-order valence-electron chi connectivity index (χ1n) is 4.94. The van der Waals surface area contributed by atoms with Gasteiger partial charge in [-0.3, -0.25) is 4.79 Å². The molecule has 2 N–H and O–H groups in total. The SMILES string of the molecule is CC(=O)SCCC=Cc1cc(Br)ccc1N. The van der Waals surface area contributed by atoms with E-state index in [1.807, 2.05) is 30.4 Å². The van der Waals surface area contributed by atoms with Crippen LogP contribution in [-0.4, -0.2) is 10.9 Å². The normalized spacial score (nSPS) is 10.9. The molecule has 0 aliphatic rings. The first-order valence-corrected chi connectivity index (χ1v) is 6.72. The third kappa shape index (κ3) is 4.86. The molecule has 0 aromatic heterocycles. The van der Waals surface area contributed by atoms with Gasteiger partial charge < -0.3 is 5.73 Å². The van der Waals surface area contributed by atoms with Crippen molar-refractivity contribution in [3.05, 3.63) is 34.3 Å². The van der Waals surface area contributed by atoms with E-state index < -0.39 is 0 Å². The zero-order chi connectivity index (χ0) is 12.0. The number of benzene rings is 1. The number of nitrogens with two attached hydrogens (primary N) is 1. The summed E-state index contributed by atoms with van der Waals surface area (Å²) in [6.07, 6.45) is 4.89. The quantitative estimate of drug-likeness (QED) is 0.681. The lowest BCUT2D eigenvalue weighted by molar-refractivity contribution is -0.109. The van der Waals surface area contributed by atoms with Gasteiger partial charge in [-0.2, -0.15) is 0 Å². The van der Waals surface area contributed by atoms with Gasteiger partial charge in [-0.15, -0.1) is 0 Å². The van der Waals surface area contributed by atoms with E-state index in [-0.39, 0.29) is 5.12 Å². The topological polar surface area (TPSA) is 43.1 Å². The number of carbonyl (C=O) groups excluding carboxylic acids is 1. The molecule has 4 heteroatoms. The highest BCUT2D eigenvalue weighted by Gasteiger charge is 1.96. The van der Waals surface area contributed by atoms with Gasteiger partial charge in [0.25, 0.3) is 0 Å². The number of anilines is 1. The van der Waals surface area contributed by atoms with Gasteiger partial charge in [0.15, 0.2) is 5.12 Å². The molecule has 1 rings (SSSR count). The number of carbonyl (C=O) groups is 1. The third-order valence-electron chi connectivity index (χ3n) is 1.94. The molecular formula is C12H14BrNOS. The molecule has 1 aromatic rings. The Hall–Kier alpha value is -0.740. The van der Waals surface area contributed by atoms with Crippen molar-refractivity contribution in [3.63, 3.8) is 0 Å². The fourth-order valence-electron chi connectivity index (χ4n) is 1.17. The van der Waals surface area contributed by atoms with Crippen LogP contribution < -0.4 is 5.73 Å². The molecule has 2 nitrogen and oxygen atoms in total. The molecule has 0 atom stereocenters. The summed E-state index contributed by atoms with van der Waals surface area (Å²) in [6.45, 7) is 1.58. The molecule has 0 fully saturated rings. The van der Waals surface area contributed by atoms with Crippen molar-refractivity contribution in [1.29, 1.82) is 0 Å². The Labute approximate surface area is 108 Å². The number of hydrogen-bond donors (Lipinski definition) is 1. The lowest BCUT2D eigenvalue weighted by Gasteiger charge is -2.00. The fraction of sp³-hybridized carbons (Fsp3) is 0.250. The lowest BCUT2D eigenvalue weighted by Crippen LogP contribution is -1.88. The molecule has 16 heavy (non-hydrogen) atoms. The van der Waals surface area contributed by atoms with Gasteiger partial charge in [-0.1, -0.05) is 39.8 Å². The minimum Gasteiger partial charge on any atom is -0.398 e. The van der Waals surface area contributed by atoms with E-state index in [4.69, 9.17) is 5.73 Å². The number of hydrogen-bond acceptors (Lipinski definition) is 3. The Morgan fingerprint density at radius 2 is 2.31 bits per heavy atom. The number of nitrogen functional groups attached to an aromatic ring is 1. The van der Waals surface area contributed by atoms with Crippen LogP contribution in [0.3, 0.4) is 0 Å². The zero-order valence-corrected chi connectivity index (χ0v) is 11.5. The molecule has 0 heterocycles. The number of halogens is 1. The summed E-state index contributed by atoms with van der Waals surface area (Å²) in [5.74, 6) is 0.819. The standard InChI is InChI=1S/C12H14BrNOS/c1-9(15)16-7-3-2-4-10-8-11(13)5-6-12(10)14/h2,4-6,8H,3,7,14H2,1H3. The van der Waals surface area contributed by atoms with Crippen LogP contribution >= 0.6 is 27.7 Å². The summed E-state index contributed by atoms with van der Waals surface area (Å²) < 4.78 is 1.01. The summed E-state index contributed by atoms with van der Waals surface area (Å²) in [4.78, 5) is 10.7. The molecule has 0 aliphatic heterocycles. The first-order chi connectivity index (χ1) is 7.59. The van der Waals surface area contributed by atoms with E-state index in [1.165, 1.54) is 11.8 Å². The molecule has 0 saturated heterocycles. The first kappa shape index (κ1) is 13.3. The van der Waals surface area contributed by atoms with Crippen LogP contribution in [0.2, 0.25) is 0 Å². The minimum absolute atomic E-state index is 0.162. The van der Waals surface area contributed by atoms with Gasteiger partial charge in [0.1, 0.15) is 0 Å². The van der Waals surface area contributed by atoms with E-state index in [0.717, 1.165) is 27.9 Å². The van der Waals surface area contributed by atoms with Crippen LogP contribution in [0.15, 0.2) is 28.7 Å². The van der Waals surface area contributed by atoms with Crippen LogP contribution in [0.25, 0.3) is 6.08 Å². The maximum absolute atomic E-state index is 10.7. The van der Waals surface area contributed by atoms with E-state index >= 15 is 0 Å². The Bertz CT molecular complexity index is 404. The van der Waals surface area contributed by atoms with Crippen LogP contribution in [0.5, 0.6) is 0 Å². The number of rotatable bonds is 4. The molecule has 0 aliphatic carbocycles. The summed E-state index contributed by atoms with van der Waals surface area (Å²) >= 11 is 4.74. The Morgan fingerprint density at radius 1 is 1.56 bits per heavy atom. The molecule has 0 bridgehead atoms. The molecular weight excluding hydrogens is 286 g/mol. The van der Waals surface area contributed by atoms with Crippen LogP contribution in [0, 0.1) is 0 Å². The van der Waals surface area contributed by atoms with Crippen molar-refractivity contribution >= 4 is 44.6 Å². The monoisotopic (exact) mass is 299 g/mol. The van der Waals surface area contributed by atoms with Gasteiger partial charge in [-0.05, 0) is 30.2 Å². The van der Waals surface area contributed by atoms with Crippen molar-refractivity contribution in [1.82, 2.24) is 0 Å². The van der Waals surface area contributed by atoms with E-state index in [9.17, 15) is 4.79 Å². The molecule has 0 spiro atoms. The van der Waals surface area contributed by atoms with Crippen molar-refractivity contribution in [2.45, 2.75) is 13.3 Å². The number of thioether (sulfide) groups is 1. The second-order valence-corrected chi connectivity index (χ2v) is 5.49. The van der Waals surface area contributed by atoms with Crippen molar-refractivity contribution in [3.8, 4) is 0 Å². The van der Waals surface area contributed by atoms with E-state index in [0.29, 0.717) is 0 Å².